The lowest BCUT2D eigenvalue weighted by molar-refractivity contribution is 0.0982. The quantitative estimate of drug-likeness (QED) is 0.646. The van der Waals surface area contributed by atoms with Crippen molar-refractivity contribution in [1.29, 1.82) is 0 Å². The summed E-state index contributed by atoms with van der Waals surface area (Å²) < 4.78 is 0. The topological polar surface area (TPSA) is 66.5 Å². The molecular formula is C25H22N2O3. The van der Waals surface area contributed by atoms with Crippen molar-refractivity contribution >= 4 is 29.0 Å². The fraction of sp³-hybridized carbons (Fsp3) is 0.160. The lowest BCUT2D eigenvalue weighted by atomic mass is 9.98. The molecule has 3 aromatic carbocycles. The summed E-state index contributed by atoms with van der Waals surface area (Å²) >= 11 is 0. The zero-order valence-corrected chi connectivity index (χ0v) is 16.7. The van der Waals surface area contributed by atoms with Crippen LogP contribution in [-0.4, -0.2) is 24.1 Å². The van der Waals surface area contributed by atoms with E-state index in [1.54, 1.807) is 35.2 Å². The number of rotatable bonds is 4. The second-order valence-electron chi connectivity index (χ2n) is 7.36. The number of nitrogens with zero attached hydrogens (tertiary/aromatic N) is 1. The van der Waals surface area contributed by atoms with Gasteiger partial charge in [0.05, 0.1) is 0 Å². The Morgan fingerprint density at radius 3 is 2.37 bits per heavy atom. The number of carbonyl (C=O) groups excluding carboxylic acids is 3. The van der Waals surface area contributed by atoms with E-state index in [1.165, 1.54) is 6.92 Å². The maximum Gasteiger partial charge on any atom is 0.258 e. The van der Waals surface area contributed by atoms with Crippen molar-refractivity contribution in [3.63, 3.8) is 0 Å². The van der Waals surface area contributed by atoms with Crippen molar-refractivity contribution in [3.05, 3.63) is 95.1 Å². The number of fused-ring (bicyclic) bond motifs is 1. The van der Waals surface area contributed by atoms with Crippen molar-refractivity contribution < 1.29 is 14.4 Å². The van der Waals surface area contributed by atoms with E-state index in [2.05, 4.69) is 5.32 Å². The summed E-state index contributed by atoms with van der Waals surface area (Å²) in [6, 6.07) is 21.5. The molecule has 2 amide bonds. The van der Waals surface area contributed by atoms with Gasteiger partial charge in [0, 0.05) is 34.6 Å². The lowest BCUT2D eigenvalue weighted by Crippen LogP contribution is -2.35. The van der Waals surface area contributed by atoms with Gasteiger partial charge in [-0.3, -0.25) is 14.4 Å². The molecule has 1 N–H and O–H groups in total. The molecular weight excluding hydrogens is 376 g/mol. The Morgan fingerprint density at radius 1 is 0.833 bits per heavy atom. The van der Waals surface area contributed by atoms with E-state index in [-0.39, 0.29) is 17.6 Å². The van der Waals surface area contributed by atoms with Crippen molar-refractivity contribution in [1.82, 2.24) is 0 Å². The third-order valence-corrected chi connectivity index (χ3v) is 5.25. The van der Waals surface area contributed by atoms with Gasteiger partial charge >= 0.3 is 0 Å². The zero-order chi connectivity index (χ0) is 21.1. The molecule has 5 heteroatoms. The first-order valence-corrected chi connectivity index (χ1v) is 9.95. The standard InChI is InChI=1S/C25H22N2O3/c1-17(28)19-9-5-11-22(16-19)26-24(29)21-12-13-23-20(15-21)10-6-14-27(23)25(30)18-7-3-2-4-8-18/h2-5,7-9,11-13,15-16H,6,10,14H2,1H3,(H,26,29). The highest BCUT2D eigenvalue weighted by Gasteiger charge is 2.24. The molecule has 4 rings (SSSR count). The summed E-state index contributed by atoms with van der Waals surface area (Å²) in [5.74, 6) is -0.331. The Kier molecular flexibility index (Phi) is 5.44. The average Bonchev–Trinajstić information content (AvgIpc) is 2.78. The zero-order valence-electron chi connectivity index (χ0n) is 16.7. The third kappa shape index (κ3) is 4.01. The molecule has 0 aliphatic carbocycles. The highest BCUT2D eigenvalue weighted by Crippen LogP contribution is 2.29. The van der Waals surface area contributed by atoms with Gasteiger partial charge in [0.1, 0.15) is 0 Å². The second-order valence-corrected chi connectivity index (χ2v) is 7.36. The summed E-state index contributed by atoms with van der Waals surface area (Å²) in [6.45, 7) is 2.15. The number of amides is 2. The van der Waals surface area contributed by atoms with Crippen LogP contribution in [0.15, 0.2) is 72.8 Å². The molecule has 0 fully saturated rings. The van der Waals surface area contributed by atoms with Gasteiger partial charge in [0.2, 0.25) is 0 Å². The number of aryl methyl sites for hydroxylation is 1. The summed E-state index contributed by atoms with van der Waals surface area (Å²) in [6.07, 6.45) is 1.66. The van der Waals surface area contributed by atoms with E-state index in [0.717, 1.165) is 24.1 Å². The first-order chi connectivity index (χ1) is 14.5. The number of ketones is 1. The van der Waals surface area contributed by atoms with E-state index in [9.17, 15) is 14.4 Å². The van der Waals surface area contributed by atoms with Crippen LogP contribution >= 0.6 is 0 Å². The van der Waals surface area contributed by atoms with Crippen LogP contribution in [0.25, 0.3) is 0 Å². The Balaban J connectivity index is 1.56. The summed E-state index contributed by atoms with van der Waals surface area (Å²) in [5.41, 5.74) is 4.13. The van der Waals surface area contributed by atoms with Gasteiger partial charge in [-0.2, -0.15) is 0 Å². The largest absolute Gasteiger partial charge is 0.322 e. The van der Waals surface area contributed by atoms with E-state index in [4.69, 9.17) is 0 Å². The molecule has 0 aromatic heterocycles. The maximum atomic E-state index is 12.9. The van der Waals surface area contributed by atoms with Crippen LogP contribution in [0.4, 0.5) is 11.4 Å². The minimum absolute atomic E-state index is 0.0326. The molecule has 0 saturated heterocycles. The molecule has 30 heavy (non-hydrogen) atoms. The van der Waals surface area contributed by atoms with Crippen LogP contribution in [0.2, 0.25) is 0 Å². The van der Waals surface area contributed by atoms with Gasteiger partial charge in [-0.1, -0.05) is 30.3 Å². The fourth-order valence-electron chi connectivity index (χ4n) is 3.71. The van der Waals surface area contributed by atoms with E-state index in [1.807, 2.05) is 42.5 Å². The molecule has 1 aliphatic heterocycles. The number of benzene rings is 3. The summed E-state index contributed by atoms with van der Waals surface area (Å²) in [5, 5.41) is 2.85. The van der Waals surface area contributed by atoms with Crippen molar-refractivity contribution in [2.75, 3.05) is 16.8 Å². The first kappa shape index (κ1) is 19.6. The predicted octanol–water partition coefficient (Wildman–Crippen LogP) is 4.73. The Labute approximate surface area is 175 Å². The van der Waals surface area contributed by atoms with Crippen LogP contribution in [0.5, 0.6) is 0 Å². The smallest absolute Gasteiger partial charge is 0.258 e. The average molecular weight is 398 g/mol. The monoisotopic (exact) mass is 398 g/mol. The molecule has 150 valence electrons. The molecule has 0 atom stereocenters. The highest BCUT2D eigenvalue weighted by molar-refractivity contribution is 6.08. The highest BCUT2D eigenvalue weighted by atomic mass is 16.2. The number of hydrogen-bond donors (Lipinski definition) is 1. The van der Waals surface area contributed by atoms with Crippen LogP contribution in [0.3, 0.4) is 0 Å². The summed E-state index contributed by atoms with van der Waals surface area (Å²) in [7, 11) is 0. The van der Waals surface area contributed by atoms with Crippen LogP contribution in [-0.2, 0) is 6.42 Å². The number of hydrogen-bond acceptors (Lipinski definition) is 3. The van der Waals surface area contributed by atoms with Crippen molar-refractivity contribution in [3.8, 4) is 0 Å². The molecule has 5 nitrogen and oxygen atoms in total. The molecule has 0 bridgehead atoms. The van der Waals surface area contributed by atoms with Gasteiger partial charge in [-0.05, 0) is 67.8 Å². The minimum Gasteiger partial charge on any atom is -0.322 e. The minimum atomic E-state index is -0.245. The van der Waals surface area contributed by atoms with Gasteiger partial charge in [0.15, 0.2) is 5.78 Å². The Bertz CT molecular complexity index is 1120. The molecule has 0 saturated carbocycles. The molecule has 1 aliphatic rings. The predicted molar refractivity (Wildman–Crippen MR) is 117 cm³/mol. The maximum absolute atomic E-state index is 12.9. The lowest BCUT2D eigenvalue weighted by Gasteiger charge is -2.30. The van der Waals surface area contributed by atoms with Crippen LogP contribution < -0.4 is 10.2 Å². The molecule has 3 aromatic rings. The Morgan fingerprint density at radius 2 is 1.60 bits per heavy atom. The first-order valence-electron chi connectivity index (χ1n) is 9.95. The van der Waals surface area contributed by atoms with Crippen LogP contribution in [0.1, 0.15) is 50.0 Å². The number of nitrogens with one attached hydrogen (secondary N) is 1. The van der Waals surface area contributed by atoms with Crippen LogP contribution in [0, 0.1) is 0 Å². The normalized spacial score (nSPS) is 12.8. The van der Waals surface area contributed by atoms with Crippen molar-refractivity contribution in [2.45, 2.75) is 19.8 Å². The van der Waals surface area contributed by atoms with Gasteiger partial charge < -0.3 is 10.2 Å². The van der Waals surface area contributed by atoms with Gasteiger partial charge in [0.25, 0.3) is 11.8 Å². The van der Waals surface area contributed by atoms with Crippen molar-refractivity contribution in [2.24, 2.45) is 0 Å². The second kappa shape index (κ2) is 8.33. The van der Waals surface area contributed by atoms with E-state index < -0.39 is 0 Å². The molecule has 1 heterocycles. The SMILES string of the molecule is CC(=O)c1cccc(NC(=O)c2ccc3c(c2)CCCN3C(=O)c2ccccc2)c1. The number of anilines is 2. The fourth-order valence-corrected chi connectivity index (χ4v) is 3.71. The number of Topliss-reactive ketones (excluding diaryl/α,β-unsaturated/α-hetero) is 1. The number of carbonyl (C=O) groups is 3. The Hall–Kier alpha value is -3.73. The van der Waals surface area contributed by atoms with E-state index >= 15 is 0 Å². The van der Waals surface area contributed by atoms with E-state index in [0.29, 0.717) is 28.9 Å². The molecule has 0 unspecified atom stereocenters. The molecule has 0 radical (unpaired) electrons. The van der Waals surface area contributed by atoms with Gasteiger partial charge in [-0.25, -0.2) is 0 Å². The summed E-state index contributed by atoms with van der Waals surface area (Å²) in [4.78, 5) is 39.0. The van der Waals surface area contributed by atoms with Gasteiger partial charge in [-0.15, -0.1) is 0 Å². The molecule has 0 spiro atoms. The third-order valence-electron chi connectivity index (χ3n) is 5.25.